The fourth-order valence-electron chi connectivity index (χ4n) is 2.31. The van der Waals surface area contributed by atoms with E-state index in [9.17, 15) is 13.6 Å². The van der Waals surface area contributed by atoms with Crippen LogP contribution < -0.4 is 20.1 Å². The van der Waals surface area contributed by atoms with Crippen molar-refractivity contribution in [3.8, 4) is 11.5 Å². The Hall–Kier alpha value is -1.60. The average Bonchev–Trinajstić information content (AvgIpc) is 2.86. The van der Waals surface area contributed by atoms with Crippen molar-refractivity contribution in [1.29, 1.82) is 0 Å². The SMILES string of the molecule is CCOc1ccc(CNC(=O)C2CC(F)(F)CN2)cc1OC.Cl. The van der Waals surface area contributed by atoms with Gasteiger partial charge in [0.2, 0.25) is 5.91 Å². The Balaban J connectivity index is 0.00000264. The van der Waals surface area contributed by atoms with E-state index < -0.39 is 30.8 Å². The molecule has 0 radical (unpaired) electrons. The summed E-state index contributed by atoms with van der Waals surface area (Å²) >= 11 is 0. The number of ether oxygens (including phenoxy) is 2. The number of carbonyl (C=O) groups excluding carboxylic acids is 1. The summed E-state index contributed by atoms with van der Waals surface area (Å²) in [7, 11) is 1.53. The summed E-state index contributed by atoms with van der Waals surface area (Å²) in [6.07, 6.45) is -0.467. The van der Waals surface area contributed by atoms with Gasteiger partial charge in [-0.25, -0.2) is 8.78 Å². The van der Waals surface area contributed by atoms with E-state index in [4.69, 9.17) is 9.47 Å². The lowest BCUT2D eigenvalue weighted by molar-refractivity contribution is -0.123. The fraction of sp³-hybridized carbons (Fsp3) is 0.533. The quantitative estimate of drug-likeness (QED) is 0.825. The normalized spacial score (nSPS) is 18.9. The van der Waals surface area contributed by atoms with Crippen LogP contribution in [-0.4, -0.2) is 38.1 Å². The standard InChI is InChI=1S/C15H20F2N2O3.ClH/c1-3-22-12-5-4-10(6-13(12)21-2)8-18-14(20)11-7-15(16,17)9-19-11;/h4-6,11,19H,3,7-9H2,1-2H3,(H,18,20);1H. The molecule has 1 aromatic rings. The number of halogens is 3. The summed E-state index contributed by atoms with van der Waals surface area (Å²) in [5, 5.41) is 5.17. The van der Waals surface area contributed by atoms with E-state index in [-0.39, 0.29) is 19.0 Å². The highest BCUT2D eigenvalue weighted by atomic mass is 35.5. The van der Waals surface area contributed by atoms with Crippen LogP contribution in [0.15, 0.2) is 18.2 Å². The summed E-state index contributed by atoms with van der Waals surface area (Å²) < 4.78 is 36.8. The summed E-state index contributed by atoms with van der Waals surface area (Å²) in [4.78, 5) is 11.9. The van der Waals surface area contributed by atoms with Gasteiger partial charge >= 0.3 is 0 Å². The van der Waals surface area contributed by atoms with Crippen LogP contribution >= 0.6 is 12.4 Å². The molecule has 1 fully saturated rings. The number of nitrogens with one attached hydrogen (secondary N) is 2. The minimum absolute atomic E-state index is 0. The molecule has 1 unspecified atom stereocenters. The highest BCUT2D eigenvalue weighted by Gasteiger charge is 2.42. The number of carbonyl (C=O) groups is 1. The minimum Gasteiger partial charge on any atom is -0.493 e. The van der Waals surface area contributed by atoms with Crippen LogP contribution in [0.25, 0.3) is 0 Å². The molecule has 1 saturated heterocycles. The molecule has 5 nitrogen and oxygen atoms in total. The Kier molecular flexibility index (Phi) is 7.02. The van der Waals surface area contributed by atoms with E-state index in [1.54, 1.807) is 18.2 Å². The Morgan fingerprint density at radius 3 is 2.74 bits per heavy atom. The van der Waals surface area contributed by atoms with E-state index in [0.29, 0.717) is 18.1 Å². The summed E-state index contributed by atoms with van der Waals surface area (Å²) in [5.74, 6) is -2.05. The zero-order valence-corrected chi connectivity index (χ0v) is 13.8. The first-order valence-electron chi connectivity index (χ1n) is 7.14. The van der Waals surface area contributed by atoms with Gasteiger partial charge in [0.25, 0.3) is 5.92 Å². The van der Waals surface area contributed by atoms with Crippen LogP contribution in [0, 0.1) is 0 Å². The zero-order chi connectivity index (χ0) is 16.2. The molecular formula is C15H21ClF2N2O3. The van der Waals surface area contributed by atoms with Gasteiger partial charge in [0.15, 0.2) is 11.5 Å². The van der Waals surface area contributed by atoms with Crippen LogP contribution in [-0.2, 0) is 11.3 Å². The summed E-state index contributed by atoms with van der Waals surface area (Å²) in [5.41, 5.74) is 0.804. The number of hydrogen-bond acceptors (Lipinski definition) is 4. The molecular weight excluding hydrogens is 330 g/mol. The first-order chi connectivity index (χ1) is 10.4. The van der Waals surface area contributed by atoms with Gasteiger partial charge in [-0.15, -0.1) is 12.4 Å². The second-order valence-corrected chi connectivity index (χ2v) is 5.13. The first kappa shape index (κ1) is 19.4. The third-order valence-corrected chi connectivity index (χ3v) is 3.42. The Labute approximate surface area is 140 Å². The predicted molar refractivity (Wildman–Crippen MR) is 84.6 cm³/mol. The van der Waals surface area contributed by atoms with E-state index >= 15 is 0 Å². The molecule has 0 spiro atoms. The van der Waals surface area contributed by atoms with Gasteiger partial charge in [0, 0.05) is 13.0 Å². The van der Waals surface area contributed by atoms with Crippen LogP contribution in [0.4, 0.5) is 8.78 Å². The van der Waals surface area contributed by atoms with E-state index in [0.717, 1.165) is 5.56 Å². The molecule has 1 aromatic carbocycles. The van der Waals surface area contributed by atoms with Gasteiger partial charge in [0.05, 0.1) is 26.3 Å². The average molecular weight is 351 g/mol. The second kappa shape index (κ2) is 8.31. The van der Waals surface area contributed by atoms with Crippen molar-refractivity contribution in [3.63, 3.8) is 0 Å². The number of hydrogen-bond donors (Lipinski definition) is 2. The van der Waals surface area contributed by atoms with Crippen LogP contribution in [0.2, 0.25) is 0 Å². The van der Waals surface area contributed by atoms with Gasteiger partial charge in [-0.1, -0.05) is 6.07 Å². The zero-order valence-electron chi connectivity index (χ0n) is 13.0. The molecule has 1 aliphatic heterocycles. The van der Waals surface area contributed by atoms with Crippen molar-refractivity contribution in [2.75, 3.05) is 20.3 Å². The molecule has 23 heavy (non-hydrogen) atoms. The molecule has 0 aliphatic carbocycles. The summed E-state index contributed by atoms with van der Waals surface area (Å²) in [6.45, 7) is 2.18. The van der Waals surface area contributed by atoms with Crippen molar-refractivity contribution in [1.82, 2.24) is 10.6 Å². The number of methoxy groups -OCH3 is 1. The number of rotatable bonds is 6. The predicted octanol–water partition coefficient (Wildman–Crippen LogP) is 2.13. The van der Waals surface area contributed by atoms with E-state index in [2.05, 4.69) is 10.6 Å². The molecule has 1 amide bonds. The Bertz CT molecular complexity index is 543. The van der Waals surface area contributed by atoms with E-state index in [1.165, 1.54) is 7.11 Å². The van der Waals surface area contributed by atoms with Crippen molar-refractivity contribution in [2.24, 2.45) is 0 Å². The van der Waals surface area contributed by atoms with Gasteiger partial charge in [-0.3, -0.25) is 10.1 Å². The number of benzene rings is 1. The highest BCUT2D eigenvalue weighted by Crippen LogP contribution is 2.28. The lowest BCUT2D eigenvalue weighted by atomic mass is 10.1. The lowest BCUT2D eigenvalue weighted by Gasteiger charge is -2.13. The maximum absolute atomic E-state index is 13.1. The van der Waals surface area contributed by atoms with Gasteiger partial charge in [0.1, 0.15) is 0 Å². The summed E-state index contributed by atoms with van der Waals surface area (Å²) in [6, 6.07) is 4.46. The van der Waals surface area contributed by atoms with Crippen molar-refractivity contribution < 1.29 is 23.0 Å². The molecule has 130 valence electrons. The molecule has 0 bridgehead atoms. The molecule has 2 rings (SSSR count). The first-order valence-corrected chi connectivity index (χ1v) is 7.14. The second-order valence-electron chi connectivity index (χ2n) is 5.13. The third kappa shape index (κ3) is 5.21. The van der Waals surface area contributed by atoms with Crippen LogP contribution in [0.1, 0.15) is 18.9 Å². The topological polar surface area (TPSA) is 59.6 Å². The number of alkyl halides is 2. The van der Waals surface area contributed by atoms with Gasteiger partial charge in [-0.2, -0.15) is 0 Å². The van der Waals surface area contributed by atoms with Gasteiger partial charge in [-0.05, 0) is 24.6 Å². The van der Waals surface area contributed by atoms with Gasteiger partial charge < -0.3 is 14.8 Å². The maximum atomic E-state index is 13.1. The number of amides is 1. The Morgan fingerprint density at radius 1 is 1.43 bits per heavy atom. The highest BCUT2D eigenvalue weighted by molar-refractivity contribution is 5.85. The smallest absolute Gasteiger partial charge is 0.262 e. The monoisotopic (exact) mass is 350 g/mol. The lowest BCUT2D eigenvalue weighted by Crippen LogP contribution is -2.40. The third-order valence-electron chi connectivity index (χ3n) is 3.42. The van der Waals surface area contributed by atoms with Crippen molar-refractivity contribution in [2.45, 2.75) is 31.9 Å². The maximum Gasteiger partial charge on any atom is 0.262 e. The molecule has 0 saturated carbocycles. The van der Waals surface area contributed by atoms with Crippen LogP contribution in [0.5, 0.6) is 11.5 Å². The minimum atomic E-state index is -2.82. The van der Waals surface area contributed by atoms with Crippen molar-refractivity contribution in [3.05, 3.63) is 23.8 Å². The Morgan fingerprint density at radius 2 is 2.17 bits per heavy atom. The molecule has 0 aromatic heterocycles. The molecule has 1 aliphatic rings. The fourth-order valence-corrected chi connectivity index (χ4v) is 2.31. The molecule has 8 heteroatoms. The van der Waals surface area contributed by atoms with Crippen molar-refractivity contribution >= 4 is 18.3 Å². The molecule has 2 N–H and O–H groups in total. The molecule has 1 atom stereocenters. The van der Waals surface area contributed by atoms with E-state index in [1.807, 2.05) is 6.92 Å². The molecule has 1 heterocycles. The van der Waals surface area contributed by atoms with Crippen LogP contribution in [0.3, 0.4) is 0 Å². The largest absolute Gasteiger partial charge is 0.493 e.